The van der Waals surface area contributed by atoms with Crippen molar-refractivity contribution in [2.75, 3.05) is 13.1 Å². The third-order valence-electron chi connectivity index (χ3n) is 4.16. The van der Waals surface area contributed by atoms with Gasteiger partial charge >= 0.3 is 6.09 Å². The summed E-state index contributed by atoms with van der Waals surface area (Å²) < 4.78 is 5.51. The number of nitrogens with one attached hydrogen (secondary N) is 2. The largest absolute Gasteiger partial charge is 0.444 e. The highest BCUT2D eigenvalue weighted by Crippen LogP contribution is 2.23. The number of nitrogens with zero attached hydrogens (tertiary/aromatic N) is 2. The van der Waals surface area contributed by atoms with Gasteiger partial charge in [-0.2, -0.15) is 5.10 Å². The lowest BCUT2D eigenvalue weighted by molar-refractivity contribution is 0.0124. The van der Waals surface area contributed by atoms with Gasteiger partial charge in [0.1, 0.15) is 5.60 Å². The van der Waals surface area contributed by atoms with E-state index in [1.807, 2.05) is 31.7 Å². The normalized spacial score (nSPS) is 22.2. The van der Waals surface area contributed by atoms with Crippen molar-refractivity contribution in [3.63, 3.8) is 0 Å². The number of aromatic amines is 1. The molecule has 0 aliphatic carbocycles. The Bertz CT molecular complexity index is 481. The van der Waals surface area contributed by atoms with Crippen molar-refractivity contribution in [2.24, 2.45) is 5.92 Å². The number of rotatable bonds is 5. The lowest BCUT2D eigenvalue weighted by atomic mass is 9.88. The topological polar surface area (TPSA) is 70.2 Å². The van der Waals surface area contributed by atoms with Gasteiger partial charge < -0.3 is 15.0 Å². The predicted octanol–water partition coefficient (Wildman–Crippen LogP) is 2.93. The molecule has 23 heavy (non-hydrogen) atoms. The summed E-state index contributed by atoms with van der Waals surface area (Å²) >= 11 is 0. The average Bonchev–Trinajstić information content (AvgIpc) is 2.97. The number of piperidine rings is 1. The van der Waals surface area contributed by atoms with E-state index in [-0.39, 0.29) is 6.09 Å². The van der Waals surface area contributed by atoms with Crippen LogP contribution >= 0.6 is 0 Å². The molecule has 2 heterocycles. The van der Waals surface area contributed by atoms with Crippen LogP contribution in [-0.4, -0.2) is 45.9 Å². The third kappa shape index (κ3) is 5.53. The van der Waals surface area contributed by atoms with Gasteiger partial charge in [-0.15, -0.1) is 0 Å². The number of ether oxygens (including phenoxy) is 1. The Hall–Kier alpha value is -1.56. The molecule has 0 saturated carbocycles. The minimum Gasteiger partial charge on any atom is -0.444 e. The van der Waals surface area contributed by atoms with E-state index in [9.17, 15) is 4.79 Å². The Morgan fingerprint density at radius 2 is 2.30 bits per heavy atom. The van der Waals surface area contributed by atoms with Gasteiger partial charge in [0.2, 0.25) is 0 Å². The Morgan fingerprint density at radius 3 is 2.91 bits per heavy atom. The Balaban J connectivity index is 1.90. The van der Waals surface area contributed by atoms with E-state index in [0.717, 1.165) is 44.6 Å². The zero-order valence-electron chi connectivity index (χ0n) is 14.8. The second kappa shape index (κ2) is 7.81. The molecule has 2 atom stereocenters. The zero-order chi connectivity index (χ0) is 16.9. The van der Waals surface area contributed by atoms with Crippen LogP contribution in [0, 0.1) is 5.92 Å². The summed E-state index contributed by atoms with van der Waals surface area (Å²) in [5.74, 6) is 0.462. The van der Waals surface area contributed by atoms with Gasteiger partial charge in [0, 0.05) is 37.6 Å². The first-order valence-corrected chi connectivity index (χ1v) is 8.58. The summed E-state index contributed by atoms with van der Waals surface area (Å²) in [6.45, 7) is 10.2. The standard InChI is InChI=1S/C17H30N4O2/c1-5-6-13-12-21(16(22)23-17(2,3)4)10-8-15(13)18-11-14-7-9-19-20-14/h7,9,13,15,18H,5-6,8,10-12H2,1-4H3,(H,19,20). The maximum Gasteiger partial charge on any atom is 0.410 e. The number of likely N-dealkylation sites (tertiary alicyclic amines) is 1. The summed E-state index contributed by atoms with van der Waals surface area (Å²) in [4.78, 5) is 14.1. The molecule has 6 nitrogen and oxygen atoms in total. The second-order valence-electron chi connectivity index (χ2n) is 7.33. The molecule has 1 amide bonds. The van der Waals surface area contributed by atoms with E-state index in [1.54, 1.807) is 6.20 Å². The van der Waals surface area contributed by atoms with Crippen LogP contribution in [0.1, 0.15) is 52.7 Å². The van der Waals surface area contributed by atoms with E-state index in [4.69, 9.17) is 4.74 Å². The molecule has 0 radical (unpaired) electrons. The van der Waals surface area contributed by atoms with Crippen molar-refractivity contribution >= 4 is 6.09 Å². The molecule has 1 aromatic heterocycles. The SMILES string of the molecule is CCCC1CN(C(=O)OC(C)(C)C)CCC1NCc1ccn[nH]1. The van der Waals surface area contributed by atoms with Crippen LogP contribution in [0.3, 0.4) is 0 Å². The van der Waals surface area contributed by atoms with Gasteiger partial charge in [-0.1, -0.05) is 13.3 Å². The van der Waals surface area contributed by atoms with Gasteiger partial charge in [0.25, 0.3) is 0 Å². The molecular formula is C17H30N4O2. The van der Waals surface area contributed by atoms with Gasteiger partial charge in [0.15, 0.2) is 0 Å². The molecule has 1 saturated heterocycles. The Morgan fingerprint density at radius 1 is 1.52 bits per heavy atom. The molecule has 1 aromatic rings. The molecule has 2 unspecified atom stereocenters. The Kier molecular flexibility index (Phi) is 6.04. The molecule has 130 valence electrons. The lowest BCUT2D eigenvalue weighted by Gasteiger charge is -2.39. The maximum atomic E-state index is 12.3. The number of hydrogen-bond donors (Lipinski definition) is 2. The van der Waals surface area contributed by atoms with Crippen molar-refractivity contribution in [1.29, 1.82) is 0 Å². The van der Waals surface area contributed by atoms with E-state index >= 15 is 0 Å². The van der Waals surface area contributed by atoms with Crippen LogP contribution in [0.15, 0.2) is 12.3 Å². The fraction of sp³-hybridized carbons (Fsp3) is 0.765. The number of H-pyrrole nitrogens is 1. The highest BCUT2D eigenvalue weighted by molar-refractivity contribution is 5.68. The van der Waals surface area contributed by atoms with Crippen LogP contribution in [0.5, 0.6) is 0 Å². The minimum atomic E-state index is -0.437. The molecule has 0 bridgehead atoms. The summed E-state index contributed by atoms with van der Waals surface area (Å²) in [6.07, 6.45) is 4.77. The van der Waals surface area contributed by atoms with Crippen molar-refractivity contribution in [1.82, 2.24) is 20.4 Å². The van der Waals surface area contributed by atoms with Crippen molar-refractivity contribution in [3.05, 3.63) is 18.0 Å². The maximum absolute atomic E-state index is 12.3. The molecule has 0 aromatic carbocycles. The second-order valence-corrected chi connectivity index (χ2v) is 7.33. The number of amides is 1. The number of carbonyl (C=O) groups is 1. The first kappa shape index (κ1) is 17.8. The lowest BCUT2D eigenvalue weighted by Crippen LogP contribution is -2.51. The summed E-state index contributed by atoms with van der Waals surface area (Å²) in [5.41, 5.74) is 0.655. The zero-order valence-corrected chi connectivity index (χ0v) is 14.8. The van der Waals surface area contributed by atoms with Crippen LogP contribution < -0.4 is 5.32 Å². The van der Waals surface area contributed by atoms with Crippen LogP contribution in [0.4, 0.5) is 4.79 Å². The van der Waals surface area contributed by atoms with Crippen molar-refractivity contribution < 1.29 is 9.53 Å². The third-order valence-corrected chi connectivity index (χ3v) is 4.16. The molecule has 2 N–H and O–H groups in total. The van der Waals surface area contributed by atoms with E-state index < -0.39 is 5.60 Å². The number of carbonyl (C=O) groups excluding carboxylic acids is 1. The molecular weight excluding hydrogens is 292 g/mol. The van der Waals surface area contributed by atoms with Crippen molar-refractivity contribution in [2.45, 2.75) is 65.1 Å². The summed E-state index contributed by atoms with van der Waals surface area (Å²) in [7, 11) is 0. The monoisotopic (exact) mass is 322 g/mol. The highest BCUT2D eigenvalue weighted by atomic mass is 16.6. The fourth-order valence-electron chi connectivity index (χ4n) is 3.08. The molecule has 1 aliphatic heterocycles. The van der Waals surface area contributed by atoms with Crippen LogP contribution in [-0.2, 0) is 11.3 Å². The molecule has 1 fully saturated rings. The van der Waals surface area contributed by atoms with Crippen molar-refractivity contribution in [3.8, 4) is 0 Å². The van der Waals surface area contributed by atoms with Crippen LogP contribution in [0.2, 0.25) is 0 Å². The van der Waals surface area contributed by atoms with Gasteiger partial charge in [-0.3, -0.25) is 5.10 Å². The predicted molar refractivity (Wildman–Crippen MR) is 90.0 cm³/mol. The number of aromatic nitrogens is 2. The quantitative estimate of drug-likeness (QED) is 0.874. The van der Waals surface area contributed by atoms with E-state index in [1.165, 1.54) is 0 Å². The first-order valence-electron chi connectivity index (χ1n) is 8.58. The van der Waals surface area contributed by atoms with E-state index in [2.05, 4.69) is 22.4 Å². The average molecular weight is 322 g/mol. The smallest absolute Gasteiger partial charge is 0.410 e. The molecule has 6 heteroatoms. The van der Waals surface area contributed by atoms with Gasteiger partial charge in [0.05, 0.1) is 0 Å². The van der Waals surface area contributed by atoms with Crippen LogP contribution in [0.25, 0.3) is 0 Å². The van der Waals surface area contributed by atoms with E-state index in [0.29, 0.717) is 12.0 Å². The first-order chi connectivity index (χ1) is 10.9. The fourth-order valence-corrected chi connectivity index (χ4v) is 3.08. The number of hydrogen-bond acceptors (Lipinski definition) is 4. The van der Waals surface area contributed by atoms with Gasteiger partial charge in [-0.05, 0) is 45.6 Å². The summed E-state index contributed by atoms with van der Waals surface area (Å²) in [5, 5.41) is 10.6. The molecule has 2 rings (SSSR count). The Labute approximate surface area is 139 Å². The summed E-state index contributed by atoms with van der Waals surface area (Å²) in [6, 6.07) is 2.41. The molecule has 1 aliphatic rings. The minimum absolute atomic E-state index is 0.189. The highest BCUT2D eigenvalue weighted by Gasteiger charge is 2.32. The molecule has 0 spiro atoms. The van der Waals surface area contributed by atoms with Gasteiger partial charge in [-0.25, -0.2) is 4.79 Å².